The number of aromatic nitrogens is 2. The first kappa shape index (κ1) is 15.2. The number of piperidine rings is 1. The molecule has 0 radical (unpaired) electrons. The number of para-hydroxylation sites is 2. The standard InChI is InChI=1S/C19H23N3O3/c23-18(14-11-13-5-6-17(14)25-13)21-9-7-12(8-10-21)22-16-4-2-1-3-15(16)20-19(22)24/h1-4,12-14,17H,5-11H2,(H,20,24)/t13-,14+,17+/m0/s1. The van der Waals surface area contributed by atoms with Crippen molar-refractivity contribution in [3.8, 4) is 0 Å². The monoisotopic (exact) mass is 341 g/mol. The van der Waals surface area contributed by atoms with Gasteiger partial charge in [-0.2, -0.15) is 0 Å². The number of aromatic amines is 1. The van der Waals surface area contributed by atoms with E-state index in [4.69, 9.17) is 4.74 Å². The maximum atomic E-state index is 12.8. The number of nitrogens with zero attached hydrogens (tertiary/aromatic N) is 2. The van der Waals surface area contributed by atoms with Gasteiger partial charge in [-0.15, -0.1) is 0 Å². The molecule has 5 rings (SSSR count). The second-order valence-corrected chi connectivity index (χ2v) is 7.59. The summed E-state index contributed by atoms with van der Waals surface area (Å²) in [5.41, 5.74) is 1.79. The summed E-state index contributed by atoms with van der Waals surface area (Å²) < 4.78 is 7.72. The predicted molar refractivity (Wildman–Crippen MR) is 93.4 cm³/mol. The van der Waals surface area contributed by atoms with Crippen molar-refractivity contribution >= 4 is 16.9 Å². The molecule has 1 amide bonds. The molecular formula is C19H23N3O3. The number of ether oxygens (including phenoxy) is 1. The number of likely N-dealkylation sites (tertiary alicyclic amines) is 1. The summed E-state index contributed by atoms with van der Waals surface area (Å²) in [5, 5.41) is 0. The molecule has 0 spiro atoms. The van der Waals surface area contributed by atoms with Crippen molar-refractivity contribution in [3.63, 3.8) is 0 Å². The molecule has 6 heteroatoms. The van der Waals surface area contributed by atoms with Gasteiger partial charge in [0.05, 0.1) is 29.2 Å². The van der Waals surface area contributed by atoms with Gasteiger partial charge in [0.1, 0.15) is 0 Å². The average Bonchev–Trinajstić information content (AvgIpc) is 3.34. The van der Waals surface area contributed by atoms with Crippen LogP contribution in [0.3, 0.4) is 0 Å². The summed E-state index contributed by atoms with van der Waals surface area (Å²) in [5.74, 6) is 0.322. The van der Waals surface area contributed by atoms with Crippen molar-refractivity contribution in [3.05, 3.63) is 34.7 Å². The summed E-state index contributed by atoms with van der Waals surface area (Å²) in [4.78, 5) is 30.1. The van der Waals surface area contributed by atoms with Crippen molar-refractivity contribution in [1.29, 1.82) is 0 Å². The molecule has 2 aromatic rings. The van der Waals surface area contributed by atoms with Crippen molar-refractivity contribution in [2.75, 3.05) is 13.1 Å². The minimum atomic E-state index is -0.0486. The first-order chi connectivity index (χ1) is 12.2. The molecule has 0 unspecified atom stereocenters. The van der Waals surface area contributed by atoms with Crippen molar-refractivity contribution in [2.24, 2.45) is 5.92 Å². The topological polar surface area (TPSA) is 67.3 Å². The first-order valence-electron chi connectivity index (χ1n) is 9.34. The van der Waals surface area contributed by atoms with Crippen molar-refractivity contribution in [1.82, 2.24) is 14.5 Å². The number of carbonyl (C=O) groups excluding carboxylic acids is 1. The minimum absolute atomic E-state index is 0.0486. The van der Waals surface area contributed by atoms with E-state index >= 15 is 0 Å². The quantitative estimate of drug-likeness (QED) is 0.909. The summed E-state index contributed by atoms with van der Waals surface area (Å²) in [6, 6.07) is 7.96. The van der Waals surface area contributed by atoms with Crippen molar-refractivity contribution < 1.29 is 9.53 Å². The molecule has 0 aliphatic carbocycles. The molecule has 0 saturated carbocycles. The van der Waals surface area contributed by atoms with Crippen LogP contribution in [0.4, 0.5) is 0 Å². The van der Waals surface area contributed by atoms with Gasteiger partial charge in [0, 0.05) is 19.1 Å². The lowest BCUT2D eigenvalue weighted by Crippen LogP contribution is -2.45. The Morgan fingerprint density at radius 2 is 1.92 bits per heavy atom. The lowest BCUT2D eigenvalue weighted by molar-refractivity contribution is -0.138. The normalized spacial score (nSPS) is 29.6. The Hall–Kier alpha value is -2.08. The third-order valence-electron chi connectivity index (χ3n) is 6.19. The maximum Gasteiger partial charge on any atom is 0.326 e. The summed E-state index contributed by atoms with van der Waals surface area (Å²) >= 11 is 0. The smallest absolute Gasteiger partial charge is 0.326 e. The summed E-state index contributed by atoms with van der Waals surface area (Å²) in [7, 11) is 0. The van der Waals surface area contributed by atoms with E-state index in [-0.39, 0.29) is 29.7 Å². The van der Waals surface area contributed by atoms with Gasteiger partial charge in [0.25, 0.3) is 0 Å². The Morgan fingerprint density at radius 1 is 1.12 bits per heavy atom. The van der Waals surface area contributed by atoms with E-state index in [0.717, 1.165) is 56.2 Å². The van der Waals surface area contributed by atoms with E-state index in [1.165, 1.54) is 0 Å². The van der Waals surface area contributed by atoms with Crippen LogP contribution in [0.5, 0.6) is 0 Å². The summed E-state index contributed by atoms with van der Waals surface area (Å²) in [6.45, 7) is 1.45. The van der Waals surface area contributed by atoms with Gasteiger partial charge < -0.3 is 14.6 Å². The molecule has 3 aliphatic heterocycles. The van der Waals surface area contributed by atoms with Crippen LogP contribution in [0.1, 0.15) is 38.1 Å². The average molecular weight is 341 g/mol. The number of benzene rings is 1. The molecular weight excluding hydrogens is 318 g/mol. The SMILES string of the molecule is O=C([C@@H]1C[C@@H]2CC[C@H]1O2)N1CCC(n2c(=O)[nH]c3ccccc32)CC1. The lowest BCUT2D eigenvalue weighted by atomic mass is 9.87. The highest BCUT2D eigenvalue weighted by Crippen LogP contribution is 2.40. The van der Waals surface area contributed by atoms with Crippen LogP contribution in [0, 0.1) is 5.92 Å². The zero-order valence-electron chi connectivity index (χ0n) is 14.2. The Morgan fingerprint density at radius 3 is 2.64 bits per heavy atom. The molecule has 1 aromatic carbocycles. The van der Waals surface area contributed by atoms with Crippen LogP contribution in [0.2, 0.25) is 0 Å². The molecule has 4 heterocycles. The largest absolute Gasteiger partial charge is 0.374 e. The van der Waals surface area contributed by atoms with E-state index in [0.29, 0.717) is 6.10 Å². The number of hydrogen-bond acceptors (Lipinski definition) is 3. The molecule has 25 heavy (non-hydrogen) atoms. The van der Waals surface area contributed by atoms with Gasteiger partial charge in [-0.05, 0) is 44.2 Å². The maximum absolute atomic E-state index is 12.8. The Kier molecular flexibility index (Phi) is 3.48. The minimum Gasteiger partial charge on any atom is -0.374 e. The molecule has 6 nitrogen and oxygen atoms in total. The zero-order valence-corrected chi connectivity index (χ0v) is 14.2. The molecule has 1 aromatic heterocycles. The number of amides is 1. The molecule has 2 bridgehead atoms. The molecule has 3 fully saturated rings. The van der Waals surface area contributed by atoms with Gasteiger partial charge in [0.15, 0.2) is 0 Å². The van der Waals surface area contributed by atoms with Crippen LogP contribution in [0.15, 0.2) is 29.1 Å². The second kappa shape index (κ2) is 5.73. The van der Waals surface area contributed by atoms with Crippen LogP contribution < -0.4 is 5.69 Å². The third kappa shape index (κ3) is 2.42. The number of nitrogens with one attached hydrogen (secondary N) is 1. The highest BCUT2D eigenvalue weighted by atomic mass is 16.5. The highest BCUT2D eigenvalue weighted by molar-refractivity contribution is 5.80. The molecule has 3 saturated heterocycles. The highest BCUT2D eigenvalue weighted by Gasteiger charge is 2.46. The van der Waals surface area contributed by atoms with Crippen LogP contribution >= 0.6 is 0 Å². The van der Waals surface area contributed by atoms with Crippen LogP contribution in [0.25, 0.3) is 11.0 Å². The van der Waals surface area contributed by atoms with Gasteiger partial charge in [0.2, 0.25) is 5.91 Å². The zero-order chi connectivity index (χ0) is 17.0. The molecule has 3 aliphatic rings. The van der Waals surface area contributed by atoms with Crippen molar-refractivity contribution in [2.45, 2.75) is 50.4 Å². The number of fused-ring (bicyclic) bond motifs is 3. The fraction of sp³-hybridized carbons (Fsp3) is 0.579. The Labute approximate surface area is 145 Å². The van der Waals surface area contributed by atoms with E-state index in [9.17, 15) is 9.59 Å². The summed E-state index contributed by atoms with van der Waals surface area (Å²) in [6.07, 6.45) is 5.14. The first-order valence-corrected chi connectivity index (χ1v) is 9.34. The van der Waals surface area contributed by atoms with Gasteiger partial charge in [-0.3, -0.25) is 9.36 Å². The van der Waals surface area contributed by atoms with E-state index in [1.54, 1.807) is 0 Å². The van der Waals surface area contributed by atoms with E-state index in [1.807, 2.05) is 33.7 Å². The van der Waals surface area contributed by atoms with E-state index < -0.39 is 0 Å². The van der Waals surface area contributed by atoms with Gasteiger partial charge in [-0.25, -0.2) is 4.79 Å². The number of H-pyrrole nitrogens is 1. The number of hydrogen-bond donors (Lipinski definition) is 1. The predicted octanol–water partition coefficient (Wildman–Crippen LogP) is 2.06. The Balaban J connectivity index is 1.30. The van der Waals surface area contributed by atoms with Crippen LogP contribution in [-0.2, 0) is 9.53 Å². The lowest BCUT2D eigenvalue weighted by Gasteiger charge is -2.35. The van der Waals surface area contributed by atoms with E-state index in [2.05, 4.69) is 4.98 Å². The Bertz CT molecular complexity index is 862. The molecule has 1 N–H and O–H groups in total. The molecule has 132 valence electrons. The fourth-order valence-electron chi connectivity index (χ4n) is 4.91. The fourth-order valence-corrected chi connectivity index (χ4v) is 4.91. The number of carbonyl (C=O) groups is 1. The van der Waals surface area contributed by atoms with Crippen LogP contribution in [-0.4, -0.2) is 45.7 Å². The number of rotatable bonds is 2. The van der Waals surface area contributed by atoms with Gasteiger partial charge >= 0.3 is 5.69 Å². The number of imidazole rings is 1. The third-order valence-corrected chi connectivity index (χ3v) is 6.19. The molecule has 3 atom stereocenters. The second-order valence-electron chi connectivity index (χ2n) is 7.59. The van der Waals surface area contributed by atoms with Gasteiger partial charge in [-0.1, -0.05) is 12.1 Å².